The van der Waals surface area contributed by atoms with Gasteiger partial charge in [0.15, 0.2) is 5.65 Å². The Morgan fingerprint density at radius 3 is 2.63 bits per heavy atom. The number of carboxylic acids is 1. The zero-order valence-corrected chi connectivity index (χ0v) is 14.8. The van der Waals surface area contributed by atoms with Crippen LogP contribution in [0.25, 0.3) is 5.65 Å². The number of rotatable bonds is 6. The zero-order chi connectivity index (χ0) is 19.6. The van der Waals surface area contributed by atoms with Crippen molar-refractivity contribution >= 4 is 17.5 Å². The number of nitrogens with one attached hydrogen (secondary N) is 1. The van der Waals surface area contributed by atoms with Crippen molar-refractivity contribution in [1.82, 2.24) is 19.9 Å². The minimum absolute atomic E-state index is 0.0643. The van der Waals surface area contributed by atoms with Crippen molar-refractivity contribution in [2.45, 2.75) is 20.5 Å². The number of aromatic nitrogens is 3. The second-order valence-electron chi connectivity index (χ2n) is 5.97. The number of pyridine rings is 1. The Labute approximate surface area is 154 Å². The number of aryl methyl sites for hydroxylation is 2. The predicted octanol–water partition coefficient (Wildman–Crippen LogP) is 1.45. The van der Waals surface area contributed by atoms with Crippen molar-refractivity contribution in [2.24, 2.45) is 0 Å². The molecule has 1 aromatic carbocycles. The molecule has 3 aromatic rings. The summed E-state index contributed by atoms with van der Waals surface area (Å²) in [5.41, 5.74) is 3.04. The highest BCUT2D eigenvalue weighted by molar-refractivity contribution is 6.03. The first-order valence-corrected chi connectivity index (χ1v) is 8.12. The molecule has 0 bridgehead atoms. The third kappa shape index (κ3) is 3.66. The van der Waals surface area contributed by atoms with E-state index in [9.17, 15) is 14.7 Å². The summed E-state index contributed by atoms with van der Waals surface area (Å²) < 4.78 is 7.09. The highest BCUT2D eigenvalue weighted by Crippen LogP contribution is 2.28. The molecule has 1 amide bonds. The van der Waals surface area contributed by atoms with E-state index < -0.39 is 18.4 Å². The topological polar surface area (TPSA) is 126 Å². The second kappa shape index (κ2) is 7.32. The zero-order valence-electron chi connectivity index (χ0n) is 14.8. The molecule has 9 nitrogen and oxygen atoms in total. The van der Waals surface area contributed by atoms with Crippen molar-refractivity contribution in [3.05, 3.63) is 52.8 Å². The van der Waals surface area contributed by atoms with Crippen LogP contribution in [-0.2, 0) is 11.4 Å². The fraction of sp³-hybridized carbons (Fsp3) is 0.222. The Hall–Kier alpha value is -3.62. The summed E-state index contributed by atoms with van der Waals surface area (Å²) in [4.78, 5) is 26.8. The maximum atomic E-state index is 12.2. The Balaban J connectivity index is 1.92. The Bertz CT molecular complexity index is 1010. The van der Waals surface area contributed by atoms with Gasteiger partial charge in [0.2, 0.25) is 5.88 Å². The maximum absolute atomic E-state index is 12.2. The lowest BCUT2D eigenvalue weighted by molar-refractivity contribution is -0.135. The van der Waals surface area contributed by atoms with E-state index in [0.717, 1.165) is 16.7 Å². The number of nitrogens with zero attached hydrogens (tertiary/aromatic N) is 3. The molecule has 0 aliphatic heterocycles. The summed E-state index contributed by atoms with van der Waals surface area (Å²) in [6.45, 7) is 3.62. The van der Waals surface area contributed by atoms with Gasteiger partial charge in [-0.1, -0.05) is 18.2 Å². The third-order valence-electron chi connectivity index (χ3n) is 4.13. The van der Waals surface area contributed by atoms with Gasteiger partial charge in [-0.25, -0.2) is 4.98 Å². The van der Waals surface area contributed by atoms with Crippen LogP contribution in [0, 0.1) is 13.8 Å². The molecule has 0 radical (unpaired) electrons. The highest BCUT2D eigenvalue weighted by Gasteiger charge is 2.21. The van der Waals surface area contributed by atoms with Gasteiger partial charge in [-0.05, 0) is 30.5 Å². The summed E-state index contributed by atoms with van der Waals surface area (Å²) in [6.07, 6.45) is 1.22. The molecule has 0 saturated carbocycles. The van der Waals surface area contributed by atoms with Gasteiger partial charge in [-0.15, -0.1) is 0 Å². The molecule has 0 fully saturated rings. The quantitative estimate of drug-likeness (QED) is 0.599. The number of aromatic hydroxyl groups is 1. The van der Waals surface area contributed by atoms with E-state index in [-0.39, 0.29) is 29.4 Å². The average molecular weight is 370 g/mol. The van der Waals surface area contributed by atoms with Gasteiger partial charge in [-0.2, -0.15) is 9.61 Å². The number of aliphatic carboxylic acids is 1. The number of benzene rings is 1. The van der Waals surface area contributed by atoms with Crippen LogP contribution in [0.15, 0.2) is 30.6 Å². The minimum Gasteiger partial charge on any atom is -0.507 e. The van der Waals surface area contributed by atoms with E-state index >= 15 is 0 Å². The number of amides is 1. The number of carbonyl (C=O) groups is 2. The lowest BCUT2D eigenvalue weighted by Gasteiger charge is -2.14. The van der Waals surface area contributed by atoms with Crippen LogP contribution < -0.4 is 10.1 Å². The molecule has 2 heterocycles. The highest BCUT2D eigenvalue weighted by atomic mass is 16.5. The van der Waals surface area contributed by atoms with Gasteiger partial charge in [0.25, 0.3) is 5.91 Å². The monoisotopic (exact) mass is 370 g/mol. The van der Waals surface area contributed by atoms with Gasteiger partial charge in [0, 0.05) is 6.07 Å². The van der Waals surface area contributed by atoms with E-state index in [1.54, 1.807) is 0 Å². The van der Waals surface area contributed by atoms with Crippen LogP contribution >= 0.6 is 0 Å². The van der Waals surface area contributed by atoms with Crippen LogP contribution in [0.5, 0.6) is 11.6 Å². The summed E-state index contributed by atoms with van der Waals surface area (Å²) in [6, 6.07) is 7.17. The molecule has 0 atom stereocenters. The lowest BCUT2D eigenvalue weighted by atomic mass is 10.0. The van der Waals surface area contributed by atoms with Crippen LogP contribution in [0.3, 0.4) is 0 Å². The molecule has 3 rings (SSSR count). The summed E-state index contributed by atoms with van der Waals surface area (Å²) >= 11 is 0. The van der Waals surface area contributed by atoms with Gasteiger partial charge in [0.05, 0.1) is 0 Å². The molecule has 27 heavy (non-hydrogen) atoms. The molecule has 3 N–H and O–H groups in total. The van der Waals surface area contributed by atoms with Crippen molar-refractivity contribution in [3.8, 4) is 11.6 Å². The molecule has 0 unspecified atom stereocenters. The Kier molecular flexibility index (Phi) is 4.93. The first kappa shape index (κ1) is 18.2. The SMILES string of the molecule is Cc1cccc(C)c1COc1cc(O)c(C(=O)NCC(=O)O)c2ncnn12. The van der Waals surface area contributed by atoms with Gasteiger partial charge < -0.3 is 20.3 Å². The fourth-order valence-corrected chi connectivity index (χ4v) is 2.73. The first-order chi connectivity index (χ1) is 12.9. The van der Waals surface area contributed by atoms with E-state index in [1.807, 2.05) is 32.0 Å². The third-order valence-corrected chi connectivity index (χ3v) is 4.13. The van der Waals surface area contributed by atoms with Gasteiger partial charge in [0.1, 0.15) is 30.8 Å². The van der Waals surface area contributed by atoms with Crippen LogP contribution in [-0.4, -0.2) is 43.2 Å². The summed E-state index contributed by atoms with van der Waals surface area (Å²) in [5.74, 6) is -2.14. The maximum Gasteiger partial charge on any atom is 0.322 e. The lowest BCUT2D eigenvalue weighted by Crippen LogP contribution is -2.29. The number of ether oxygens (including phenoxy) is 1. The van der Waals surface area contributed by atoms with E-state index in [1.165, 1.54) is 16.9 Å². The molecule has 0 spiro atoms. The molecule has 140 valence electrons. The molecule has 0 aliphatic carbocycles. The van der Waals surface area contributed by atoms with Gasteiger partial charge in [-0.3, -0.25) is 9.59 Å². The molecular formula is C18H18N4O5. The number of carboxylic acid groups (broad SMARTS) is 1. The fourth-order valence-electron chi connectivity index (χ4n) is 2.73. The van der Waals surface area contributed by atoms with Crippen LogP contribution in [0.1, 0.15) is 27.0 Å². The smallest absolute Gasteiger partial charge is 0.322 e. The van der Waals surface area contributed by atoms with E-state index in [4.69, 9.17) is 9.84 Å². The average Bonchev–Trinajstić information content (AvgIpc) is 3.08. The molecule has 9 heteroatoms. The first-order valence-electron chi connectivity index (χ1n) is 8.12. The minimum atomic E-state index is -1.20. The largest absolute Gasteiger partial charge is 0.507 e. The number of carbonyl (C=O) groups excluding carboxylic acids is 1. The van der Waals surface area contributed by atoms with E-state index in [2.05, 4.69) is 15.4 Å². The number of hydrogen-bond acceptors (Lipinski definition) is 6. The standard InChI is InChI=1S/C18H18N4O5/c1-10-4-3-5-11(2)12(10)8-27-14-6-13(23)16(17-20-9-21-22(14)17)18(26)19-7-15(24)25/h3-6,9,23H,7-8H2,1-2H3,(H,19,26)(H,24,25). The molecule has 0 aliphatic rings. The Morgan fingerprint density at radius 2 is 1.96 bits per heavy atom. The van der Waals surface area contributed by atoms with Gasteiger partial charge >= 0.3 is 5.97 Å². The number of fused-ring (bicyclic) bond motifs is 1. The Morgan fingerprint density at radius 1 is 1.26 bits per heavy atom. The number of hydrogen-bond donors (Lipinski definition) is 3. The normalized spacial score (nSPS) is 10.7. The molecule has 2 aromatic heterocycles. The summed E-state index contributed by atoms with van der Waals surface area (Å²) in [7, 11) is 0. The van der Waals surface area contributed by atoms with Crippen LogP contribution in [0.4, 0.5) is 0 Å². The van der Waals surface area contributed by atoms with Crippen molar-refractivity contribution in [2.75, 3.05) is 6.54 Å². The summed E-state index contributed by atoms with van der Waals surface area (Å²) in [5, 5.41) is 25.2. The van der Waals surface area contributed by atoms with E-state index in [0.29, 0.717) is 0 Å². The van der Waals surface area contributed by atoms with Crippen molar-refractivity contribution in [3.63, 3.8) is 0 Å². The molecule has 0 saturated heterocycles. The second-order valence-corrected chi connectivity index (χ2v) is 5.97. The van der Waals surface area contributed by atoms with Crippen molar-refractivity contribution in [1.29, 1.82) is 0 Å². The predicted molar refractivity (Wildman–Crippen MR) is 94.9 cm³/mol. The van der Waals surface area contributed by atoms with Crippen LogP contribution in [0.2, 0.25) is 0 Å². The van der Waals surface area contributed by atoms with Crippen molar-refractivity contribution < 1.29 is 24.5 Å². The molecular weight excluding hydrogens is 352 g/mol.